The van der Waals surface area contributed by atoms with E-state index in [1.54, 1.807) is 0 Å². The van der Waals surface area contributed by atoms with E-state index in [9.17, 15) is 4.79 Å². The second kappa shape index (κ2) is 3.93. The van der Waals surface area contributed by atoms with Crippen molar-refractivity contribution in [3.63, 3.8) is 0 Å². The molecule has 1 N–H and O–H groups in total. The number of hydrogen-bond donors (Lipinski definition) is 1. The lowest BCUT2D eigenvalue weighted by Crippen LogP contribution is -2.20. The molecule has 1 aliphatic carbocycles. The molecule has 0 bridgehead atoms. The van der Waals surface area contributed by atoms with Crippen molar-refractivity contribution in [3.05, 3.63) is 29.8 Å². The van der Waals surface area contributed by atoms with E-state index >= 15 is 0 Å². The molecular weight excluding hydrogens is 198 g/mol. The van der Waals surface area contributed by atoms with E-state index in [0.717, 1.165) is 11.3 Å². The number of carbonyl (C=O) groups excluding carboxylic acids is 1. The van der Waals surface area contributed by atoms with Gasteiger partial charge in [0.1, 0.15) is 0 Å². The maximum atomic E-state index is 12.0. The van der Waals surface area contributed by atoms with E-state index in [0.29, 0.717) is 6.04 Å². The highest BCUT2D eigenvalue weighted by atomic mass is 16.1. The average molecular weight is 217 g/mol. The van der Waals surface area contributed by atoms with Crippen LogP contribution in [0.5, 0.6) is 0 Å². The molecule has 1 saturated carbocycles. The Morgan fingerprint density at radius 1 is 1.19 bits per heavy atom. The summed E-state index contributed by atoms with van der Waals surface area (Å²) < 4.78 is 0. The number of anilines is 1. The summed E-state index contributed by atoms with van der Waals surface area (Å²) >= 11 is 0. The molecule has 1 fully saturated rings. The number of carbonyl (C=O) groups is 1. The molecular formula is C14H19NO. The van der Waals surface area contributed by atoms with Crippen LogP contribution in [-0.2, 0) is 0 Å². The van der Waals surface area contributed by atoms with Gasteiger partial charge in [0.25, 0.3) is 0 Å². The SMILES string of the molecule is CC(C)(C)C(=O)c1ccc(NC2CC2)cc1. The summed E-state index contributed by atoms with van der Waals surface area (Å²) in [5, 5.41) is 3.41. The Balaban J connectivity index is 2.09. The van der Waals surface area contributed by atoms with Gasteiger partial charge in [0.15, 0.2) is 5.78 Å². The zero-order chi connectivity index (χ0) is 11.8. The van der Waals surface area contributed by atoms with Gasteiger partial charge in [-0.3, -0.25) is 4.79 Å². The number of nitrogens with one attached hydrogen (secondary N) is 1. The summed E-state index contributed by atoms with van der Waals surface area (Å²) in [4.78, 5) is 12.0. The summed E-state index contributed by atoms with van der Waals surface area (Å²) in [5.41, 5.74) is 1.62. The number of hydrogen-bond acceptors (Lipinski definition) is 2. The molecule has 2 rings (SSSR count). The fraction of sp³-hybridized carbons (Fsp3) is 0.500. The van der Waals surface area contributed by atoms with Crippen molar-refractivity contribution in [2.24, 2.45) is 5.41 Å². The van der Waals surface area contributed by atoms with Gasteiger partial charge in [-0.15, -0.1) is 0 Å². The van der Waals surface area contributed by atoms with Crippen LogP contribution in [0.4, 0.5) is 5.69 Å². The zero-order valence-corrected chi connectivity index (χ0v) is 10.2. The Hall–Kier alpha value is -1.31. The fourth-order valence-electron chi connectivity index (χ4n) is 1.61. The number of ketones is 1. The first-order valence-corrected chi connectivity index (χ1v) is 5.88. The van der Waals surface area contributed by atoms with Gasteiger partial charge in [-0.1, -0.05) is 20.8 Å². The molecule has 0 radical (unpaired) electrons. The third-order valence-corrected chi connectivity index (χ3v) is 2.78. The Morgan fingerprint density at radius 2 is 1.75 bits per heavy atom. The summed E-state index contributed by atoms with van der Waals surface area (Å²) in [7, 11) is 0. The molecule has 1 aliphatic rings. The van der Waals surface area contributed by atoms with Gasteiger partial charge in [0.05, 0.1) is 0 Å². The Bertz CT molecular complexity index is 382. The van der Waals surface area contributed by atoms with E-state index in [2.05, 4.69) is 5.32 Å². The summed E-state index contributed by atoms with van der Waals surface area (Å²) in [6.45, 7) is 5.85. The highest BCUT2D eigenvalue weighted by Crippen LogP contribution is 2.26. The van der Waals surface area contributed by atoms with Crippen molar-refractivity contribution < 1.29 is 4.79 Å². The highest BCUT2D eigenvalue weighted by molar-refractivity contribution is 6.00. The minimum absolute atomic E-state index is 0.200. The van der Waals surface area contributed by atoms with Gasteiger partial charge in [-0.2, -0.15) is 0 Å². The molecule has 0 spiro atoms. The van der Waals surface area contributed by atoms with Gasteiger partial charge in [0.2, 0.25) is 0 Å². The molecule has 0 aliphatic heterocycles. The van der Waals surface area contributed by atoms with Crippen LogP contribution in [-0.4, -0.2) is 11.8 Å². The molecule has 0 saturated heterocycles. The first kappa shape index (κ1) is 11.2. The standard InChI is InChI=1S/C14H19NO/c1-14(2,3)13(16)10-4-6-11(7-5-10)15-12-8-9-12/h4-7,12,15H,8-9H2,1-3H3. The maximum Gasteiger partial charge on any atom is 0.168 e. The number of Topliss-reactive ketones (excluding diaryl/α,β-unsaturated/α-hetero) is 1. The molecule has 0 aromatic heterocycles. The molecule has 2 heteroatoms. The normalized spacial score (nSPS) is 15.9. The van der Waals surface area contributed by atoms with Crippen LogP contribution in [0.2, 0.25) is 0 Å². The topological polar surface area (TPSA) is 29.1 Å². The number of rotatable bonds is 3. The Labute approximate surface area is 97.1 Å². The third kappa shape index (κ3) is 2.63. The molecule has 16 heavy (non-hydrogen) atoms. The fourth-order valence-corrected chi connectivity index (χ4v) is 1.61. The van der Waals surface area contributed by atoms with Crippen LogP contribution in [0.1, 0.15) is 44.0 Å². The van der Waals surface area contributed by atoms with Crippen LogP contribution < -0.4 is 5.32 Å². The first-order valence-electron chi connectivity index (χ1n) is 5.88. The van der Waals surface area contributed by atoms with Crippen molar-refractivity contribution in [1.29, 1.82) is 0 Å². The van der Waals surface area contributed by atoms with Gasteiger partial charge >= 0.3 is 0 Å². The van der Waals surface area contributed by atoms with Crippen molar-refractivity contribution in [2.45, 2.75) is 39.7 Å². The second-order valence-corrected chi connectivity index (χ2v) is 5.58. The van der Waals surface area contributed by atoms with E-state index in [4.69, 9.17) is 0 Å². The van der Waals surface area contributed by atoms with E-state index in [-0.39, 0.29) is 11.2 Å². The van der Waals surface area contributed by atoms with Crippen molar-refractivity contribution >= 4 is 11.5 Å². The quantitative estimate of drug-likeness (QED) is 0.785. The van der Waals surface area contributed by atoms with Crippen LogP contribution in [0.25, 0.3) is 0 Å². The zero-order valence-electron chi connectivity index (χ0n) is 10.2. The van der Waals surface area contributed by atoms with Gasteiger partial charge in [-0.25, -0.2) is 0 Å². The van der Waals surface area contributed by atoms with Crippen molar-refractivity contribution in [2.75, 3.05) is 5.32 Å². The molecule has 86 valence electrons. The molecule has 0 unspecified atom stereocenters. The smallest absolute Gasteiger partial charge is 0.168 e. The molecule has 1 aromatic rings. The average Bonchev–Trinajstić information content (AvgIpc) is 3.00. The number of benzene rings is 1. The Morgan fingerprint density at radius 3 is 2.19 bits per heavy atom. The predicted octanol–water partition coefficient (Wildman–Crippen LogP) is 3.49. The van der Waals surface area contributed by atoms with E-state index in [1.807, 2.05) is 45.0 Å². The second-order valence-electron chi connectivity index (χ2n) is 5.58. The van der Waals surface area contributed by atoms with Crippen LogP contribution in [0.15, 0.2) is 24.3 Å². The van der Waals surface area contributed by atoms with Crippen LogP contribution in [0.3, 0.4) is 0 Å². The van der Waals surface area contributed by atoms with E-state index < -0.39 is 0 Å². The van der Waals surface area contributed by atoms with Gasteiger partial charge in [-0.05, 0) is 37.1 Å². The molecule has 1 aromatic carbocycles. The summed E-state index contributed by atoms with van der Waals surface area (Å²) in [6.07, 6.45) is 2.53. The lowest BCUT2D eigenvalue weighted by Gasteiger charge is -2.16. The van der Waals surface area contributed by atoms with E-state index in [1.165, 1.54) is 12.8 Å². The third-order valence-electron chi connectivity index (χ3n) is 2.78. The summed E-state index contributed by atoms with van der Waals surface area (Å²) in [5.74, 6) is 0.200. The molecule has 2 nitrogen and oxygen atoms in total. The summed E-state index contributed by atoms with van der Waals surface area (Å²) in [6, 6.07) is 8.48. The molecule has 0 amide bonds. The maximum absolute atomic E-state index is 12.0. The minimum atomic E-state index is -0.300. The Kier molecular flexibility index (Phi) is 2.75. The highest BCUT2D eigenvalue weighted by Gasteiger charge is 2.23. The molecule has 0 atom stereocenters. The largest absolute Gasteiger partial charge is 0.382 e. The monoisotopic (exact) mass is 217 g/mol. The van der Waals surface area contributed by atoms with Crippen molar-refractivity contribution in [3.8, 4) is 0 Å². The minimum Gasteiger partial charge on any atom is -0.382 e. The lowest BCUT2D eigenvalue weighted by atomic mass is 9.86. The predicted molar refractivity (Wildman–Crippen MR) is 66.9 cm³/mol. The lowest BCUT2D eigenvalue weighted by molar-refractivity contribution is 0.0858. The van der Waals surface area contributed by atoms with Gasteiger partial charge < -0.3 is 5.32 Å². The molecule has 0 heterocycles. The first-order chi connectivity index (χ1) is 7.47. The van der Waals surface area contributed by atoms with Crippen LogP contribution in [0, 0.1) is 5.41 Å². The van der Waals surface area contributed by atoms with Crippen LogP contribution >= 0.6 is 0 Å². The van der Waals surface area contributed by atoms with Gasteiger partial charge in [0, 0.05) is 22.7 Å². The van der Waals surface area contributed by atoms with Crippen molar-refractivity contribution in [1.82, 2.24) is 0 Å².